The van der Waals surface area contributed by atoms with Crippen molar-refractivity contribution < 1.29 is 4.79 Å². The highest BCUT2D eigenvalue weighted by molar-refractivity contribution is 5.94. The molecule has 2 aromatic heterocycles. The van der Waals surface area contributed by atoms with E-state index in [-0.39, 0.29) is 11.8 Å². The fourth-order valence-electron chi connectivity index (χ4n) is 3.71. The Kier molecular flexibility index (Phi) is 3.31. The first kappa shape index (κ1) is 14.5. The molecule has 1 atom stereocenters. The van der Waals surface area contributed by atoms with Crippen LogP contribution in [0.5, 0.6) is 0 Å². The number of nitriles is 1. The number of amides is 1. The van der Waals surface area contributed by atoms with Crippen LogP contribution in [0.1, 0.15) is 34.9 Å². The largest absolute Gasteiger partial charge is 0.369 e. The molecule has 1 aromatic carbocycles. The van der Waals surface area contributed by atoms with Crippen LogP contribution in [0.25, 0.3) is 10.9 Å². The fraction of sp³-hybridized carbons (Fsp3) is 0.211. The first-order chi connectivity index (χ1) is 11.7. The second-order valence-corrected chi connectivity index (χ2v) is 6.10. The molecular formula is C19H16N4O. The molecule has 4 rings (SSSR count). The molecule has 1 aliphatic rings. The molecule has 0 bridgehead atoms. The van der Waals surface area contributed by atoms with Crippen molar-refractivity contribution >= 4 is 16.8 Å². The van der Waals surface area contributed by atoms with E-state index in [9.17, 15) is 10.1 Å². The van der Waals surface area contributed by atoms with E-state index in [0.717, 1.165) is 40.7 Å². The van der Waals surface area contributed by atoms with Gasteiger partial charge < -0.3 is 10.3 Å². The van der Waals surface area contributed by atoms with Crippen molar-refractivity contribution in [2.45, 2.75) is 25.3 Å². The van der Waals surface area contributed by atoms with Gasteiger partial charge in [0.1, 0.15) is 0 Å². The lowest BCUT2D eigenvalue weighted by Gasteiger charge is -2.09. The number of nitrogens with zero attached hydrogens (tertiary/aromatic N) is 3. The van der Waals surface area contributed by atoms with E-state index in [0.29, 0.717) is 12.1 Å². The van der Waals surface area contributed by atoms with Crippen LogP contribution in [-0.4, -0.2) is 15.5 Å². The lowest BCUT2D eigenvalue weighted by Crippen LogP contribution is -2.19. The zero-order valence-electron chi connectivity index (χ0n) is 13.1. The summed E-state index contributed by atoms with van der Waals surface area (Å²) >= 11 is 0. The van der Waals surface area contributed by atoms with Gasteiger partial charge in [-0.2, -0.15) is 5.26 Å². The Morgan fingerprint density at radius 3 is 2.96 bits per heavy atom. The monoisotopic (exact) mass is 316 g/mol. The smallest absolute Gasteiger partial charge is 0.225 e. The SMILES string of the molecule is N#Cc1ccc2c(c1)c1c(n2Cc2ccccn2)CCC1C(N)=O. The Labute approximate surface area is 139 Å². The van der Waals surface area contributed by atoms with Gasteiger partial charge in [0.05, 0.1) is 29.8 Å². The Bertz CT molecular complexity index is 982. The van der Waals surface area contributed by atoms with Crippen LogP contribution in [-0.2, 0) is 17.8 Å². The highest BCUT2D eigenvalue weighted by atomic mass is 16.1. The van der Waals surface area contributed by atoms with Gasteiger partial charge in [0.25, 0.3) is 0 Å². The van der Waals surface area contributed by atoms with Gasteiger partial charge in [0.2, 0.25) is 5.91 Å². The number of rotatable bonds is 3. The van der Waals surface area contributed by atoms with E-state index < -0.39 is 0 Å². The highest BCUT2D eigenvalue weighted by Gasteiger charge is 2.33. The van der Waals surface area contributed by atoms with Gasteiger partial charge in [-0.1, -0.05) is 6.07 Å². The summed E-state index contributed by atoms with van der Waals surface area (Å²) < 4.78 is 2.21. The van der Waals surface area contributed by atoms with Gasteiger partial charge in [-0.3, -0.25) is 9.78 Å². The molecule has 3 aromatic rings. The Hall–Kier alpha value is -3.13. The van der Waals surface area contributed by atoms with Gasteiger partial charge >= 0.3 is 0 Å². The van der Waals surface area contributed by atoms with Crippen LogP contribution in [0.2, 0.25) is 0 Å². The molecule has 2 heterocycles. The molecule has 0 aliphatic heterocycles. The van der Waals surface area contributed by atoms with E-state index in [1.807, 2.05) is 36.4 Å². The number of hydrogen-bond donors (Lipinski definition) is 1. The lowest BCUT2D eigenvalue weighted by atomic mass is 9.98. The normalized spacial score (nSPS) is 16.0. The first-order valence-corrected chi connectivity index (χ1v) is 7.93. The van der Waals surface area contributed by atoms with E-state index >= 15 is 0 Å². The maximum absolute atomic E-state index is 11.9. The third-order valence-corrected chi connectivity index (χ3v) is 4.75. The molecule has 1 amide bonds. The van der Waals surface area contributed by atoms with Crippen molar-refractivity contribution in [3.63, 3.8) is 0 Å². The average molecular weight is 316 g/mol. The van der Waals surface area contributed by atoms with Crippen molar-refractivity contribution in [3.05, 3.63) is 65.1 Å². The topological polar surface area (TPSA) is 84.7 Å². The molecule has 1 unspecified atom stereocenters. The summed E-state index contributed by atoms with van der Waals surface area (Å²) in [5, 5.41) is 10.2. The third kappa shape index (κ3) is 2.16. The van der Waals surface area contributed by atoms with Gasteiger partial charge in [0.15, 0.2) is 0 Å². The summed E-state index contributed by atoms with van der Waals surface area (Å²) in [6, 6.07) is 13.7. The minimum absolute atomic E-state index is 0.276. The summed E-state index contributed by atoms with van der Waals surface area (Å²) in [5.41, 5.74) is 10.3. The number of carbonyl (C=O) groups is 1. The van der Waals surface area contributed by atoms with E-state index in [2.05, 4.69) is 15.6 Å². The molecule has 0 saturated heterocycles. The molecule has 5 heteroatoms. The second-order valence-electron chi connectivity index (χ2n) is 6.10. The van der Waals surface area contributed by atoms with Crippen molar-refractivity contribution in [1.29, 1.82) is 5.26 Å². The summed E-state index contributed by atoms with van der Waals surface area (Å²) in [6.07, 6.45) is 3.32. The highest BCUT2D eigenvalue weighted by Crippen LogP contribution is 2.41. The van der Waals surface area contributed by atoms with E-state index in [4.69, 9.17) is 5.73 Å². The minimum atomic E-state index is -0.298. The van der Waals surface area contributed by atoms with Crippen molar-refractivity contribution in [1.82, 2.24) is 9.55 Å². The van der Waals surface area contributed by atoms with Gasteiger partial charge in [0, 0.05) is 22.8 Å². The standard InChI is InChI=1S/C19H16N4O/c20-10-12-4-6-16-15(9-12)18-14(19(21)24)5-7-17(18)23(16)11-13-3-1-2-8-22-13/h1-4,6,8-9,14H,5,7,11H2,(H2,21,24). The predicted molar refractivity (Wildman–Crippen MR) is 90.2 cm³/mol. The Morgan fingerprint density at radius 2 is 2.25 bits per heavy atom. The quantitative estimate of drug-likeness (QED) is 0.805. The number of aromatic nitrogens is 2. The summed E-state index contributed by atoms with van der Waals surface area (Å²) in [4.78, 5) is 16.3. The fourth-order valence-corrected chi connectivity index (χ4v) is 3.71. The number of hydrogen-bond acceptors (Lipinski definition) is 3. The molecule has 0 radical (unpaired) electrons. The molecule has 2 N–H and O–H groups in total. The molecule has 0 spiro atoms. The summed E-state index contributed by atoms with van der Waals surface area (Å²) in [7, 11) is 0. The minimum Gasteiger partial charge on any atom is -0.369 e. The number of fused-ring (bicyclic) bond motifs is 3. The molecular weight excluding hydrogens is 300 g/mol. The Morgan fingerprint density at radius 1 is 1.38 bits per heavy atom. The van der Waals surface area contributed by atoms with Crippen LogP contribution in [0.3, 0.4) is 0 Å². The lowest BCUT2D eigenvalue weighted by molar-refractivity contribution is -0.119. The van der Waals surface area contributed by atoms with Crippen LogP contribution < -0.4 is 5.73 Å². The second kappa shape index (κ2) is 5.50. The molecule has 0 saturated carbocycles. The molecule has 5 nitrogen and oxygen atoms in total. The van der Waals surface area contributed by atoms with Crippen LogP contribution in [0, 0.1) is 11.3 Å². The predicted octanol–water partition coefficient (Wildman–Crippen LogP) is 2.47. The van der Waals surface area contributed by atoms with E-state index in [1.165, 1.54) is 0 Å². The first-order valence-electron chi connectivity index (χ1n) is 7.93. The van der Waals surface area contributed by atoms with Crippen LogP contribution in [0.15, 0.2) is 42.6 Å². The van der Waals surface area contributed by atoms with Crippen LogP contribution >= 0.6 is 0 Å². The zero-order chi connectivity index (χ0) is 16.7. The third-order valence-electron chi connectivity index (χ3n) is 4.75. The van der Waals surface area contributed by atoms with Crippen molar-refractivity contribution in [2.24, 2.45) is 5.73 Å². The number of pyridine rings is 1. The number of benzene rings is 1. The number of nitrogens with two attached hydrogens (primary N) is 1. The summed E-state index contributed by atoms with van der Waals surface area (Å²) in [5.74, 6) is -0.575. The molecule has 118 valence electrons. The van der Waals surface area contributed by atoms with Gasteiger partial charge in [-0.25, -0.2) is 0 Å². The van der Waals surface area contributed by atoms with Gasteiger partial charge in [-0.05, 0) is 48.7 Å². The van der Waals surface area contributed by atoms with E-state index in [1.54, 1.807) is 6.20 Å². The molecule has 1 aliphatic carbocycles. The number of carbonyl (C=O) groups excluding carboxylic acids is 1. The average Bonchev–Trinajstić information content (AvgIpc) is 3.15. The maximum Gasteiger partial charge on any atom is 0.225 e. The molecule has 24 heavy (non-hydrogen) atoms. The summed E-state index contributed by atoms with van der Waals surface area (Å²) in [6.45, 7) is 0.643. The van der Waals surface area contributed by atoms with Crippen molar-refractivity contribution in [3.8, 4) is 6.07 Å². The molecule has 0 fully saturated rings. The van der Waals surface area contributed by atoms with Gasteiger partial charge in [-0.15, -0.1) is 0 Å². The number of primary amides is 1. The zero-order valence-corrected chi connectivity index (χ0v) is 13.1. The van der Waals surface area contributed by atoms with Crippen LogP contribution in [0.4, 0.5) is 0 Å². The maximum atomic E-state index is 11.9. The Balaban J connectivity index is 1.94. The van der Waals surface area contributed by atoms with Crippen molar-refractivity contribution in [2.75, 3.05) is 0 Å².